The van der Waals surface area contributed by atoms with Gasteiger partial charge in [0.05, 0.1) is 6.61 Å². The molecule has 0 aliphatic heterocycles. The molecule has 0 fully saturated rings. The zero-order chi connectivity index (χ0) is 14.4. The molecule has 0 saturated carbocycles. The topological polar surface area (TPSA) is 39.2 Å². The Bertz CT molecular complexity index is 576. The van der Waals surface area contributed by atoms with Crippen LogP contribution in [0.15, 0.2) is 42.6 Å². The number of pyridine rings is 1. The molecule has 0 bridgehead atoms. The molecule has 0 amide bonds. The molecule has 0 N–H and O–H groups in total. The predicted molar refractivity (Wildman–Crippen MR) is 79.2 cm³/mol. The summed E-state index contributed by atoms with van der Waals surface area (Å²) < 4.78 is 5.40. The van der Waals surface area contributed by atoms with Crippen molar-refractivity contribution in [3.8, 4) is 5.75 Å². The van der Waals surface area contributed by atoms with Crippen molar-refractivity contribution in [2.75, 3.05) is 6.61 Å². The minimum absolute atomic E-state index is 0.157. The maximum atomic E-state index is 12.1. The zero-order valence-electron chi connectivity index (χ0n) is 11.9. The van der Waals surface area contributed by atoms with Crippen LogP contribution in [-0.2, 0) is 6.42 Å². The largest absolute Gasteiger partial charge is 0.494 e. The van der Waals surface area contributed by atoms with Crippen molar-refractivity contribution < 1.29 is 9.53 Å². The predicted octanol–water partition coefficient (Wildman–Crippen LogP) is 3.60. The minimum atomic E-state index is 0.157. The van der Waals surface area contributed by atoms with E-state index in [2.05, 4.69) is 4.98 Å². The van der Waals surface area contributed by atoms with Crippen LogP contribution in [0.1, 0.15) is 35.0 Å². The van der Waals surface area contributed by atoms with E-state index in [0.717, 1.165) is 29.0 Å². The Labute approximate surface area is 119 Å². The van der Waals surface area contributed by atoms with Crippen LogP contribution in [0, 0.1) is 6.92 Å². The van der Waals surface area contributed by atoms with Gasteiger partial charge >= 0.3 is 0 Å². The molecule has 0 atom stereocenters. The van der Waals surface area contributed by atoms with E-state index in [1.165, 1.54) is 0 Å². The molecule has 0 aliphatic carbocycles. The fourth-order valence-electron chi connectivity index (χ4n) is 2.04. The summed E-state index contributed by atoms with van der Waals surface area (Å²) in [5, 5.41) is 0. The number of ketones is 1. The van der Waals surface area contributed by atoms with Gasteiger partial charge in [-0.1, -0.05) is 12.1 Å². The highest BCUT2D eigenvalue weighted by Crippen LogP contribution is 2.14. The standard InChI is InChI=1S/C17H19NO2/c1-3-20-16-7-4-14(5-8-16)6-9-17(19)15-10-11-18-13(2)12-15/h4-5,7-8,10-12H,3,6,9H2,1-2H3. The van der Waals surface area contributed by atoms with Crippen LogP contribution < -0.4 is 4.74 Å². The summed E-state index contributed by atoms with van der Waals surface area (Å²) in [6.45, 7) is 4.52. The fraction of sp³-hybridized carbons (Fsp3) is 0.294. The first-order chi connectivity index (χ1) is 9.69. The Kier molecular flexibility index (Phi) is 4.88. The molecule has 1 heterocycles. The number of nitrogens with zero attached hydrogens (tertiary/aromatic N) is 1. The lowest BCUT2D eigenvalue weighted by molar-refractivity contribution is 0.0982. The molecule has 20 heavy (non-hydrogen) atoms. The molecule has 1 aromatic carbocycles. The van der Waals surface area contributed by atoms with Crippen LogP contribution >= 0.6 is 0 Å². The third kappa shape index (κ3) is 3.92. The Morgan fingerprint density at radius 2 is 1.95 bits per heavy atom. The third-order valence-corrected chi connectivity index (χ3v) is 3.09. The molecule has 1 aromatic heterocycles. The van der Waals surface area contributed by atoms with Crippen molar-refractivity contribution in [1.29, 1.82) is 0 Å². The van der Waals surface area contributed by atoms with E-state index in [4.69, 9.17) is 4.74 Å². The average Bonchev–Trinajstić information content (AvgIpc) is 2.46. The molecule has 0 saturated heterocycles. The number of hydrogen-bond acceptors (Lipinski definition) is 3. The van der Waals surface area contributed by atoms with Crippen molar-refractivity contribution in [1.82, 2.24) is 4.98 Å². The van der Waals surface area contributed by atoms with Crippen LogP contribution in [0.3, 0.4) is 0 Å². The second kappa shape index (κ2) is 6.85. The van der Waals surface area contributed by atoms with Gasteiger partial charge in [-0.2, -0.15) is 0 Å². The Morgan fingerprint density at radius 3 is 2.60 bits per heavy atom. The number of hydrogen-bond donors (Lipinski definition) is 0. The van der Waals surface area contributed by atoms with E-state index in [9.17, 15) is 4.79 Å². The highest BCUT2D eigenvalue weighted by Gasteiger charge is 2.06. The van der Waals surface area contributed by atoms with Crippen molar-refractivity contribution in [3.05, 3.63) is 59.4 Å². The molecule has 2 aromatic rings. The molecule has 0 radical (unpaired) electrons. The Balaban J connectivity index is 1.93. The van der Waals surface area contributed by atoms with Crippen LogP contribution in [0.25, 0.3) is 0 Å². The summed E-state index contributed by atoms with van der Waals surface area (Å²) in [6, 6.07) is 11.5. The molecule has 0 unspecified atom stereocenters. The third-order valence-electron chi connectivity index (χ3n) is 3.09. The molecule has 2 rings (SSSR count). The maximum absolute atomic E-state index is 12.1. The molecule has 104 valence electrons. The van der Waals surface area contributed by atoms with Crippen molar-refractivity contribution >= 4 is 5.78 Å². The first kappa shape index (κ1) is 14.3. The molecule has 0 spiro atoms. The van der Waals surface area contributed by atoms with Crippen LogP contribution in [0.5, 0.6) is 5.75 Å². The van der Waals surface area contributed by atoms with E-state index in [-0.39, 0.29) is 5.78 Å². The quantitative estimate of drug-likeness (QED) is 0.752. The number of aryl methyl sites for hydroxylation is 2. The summed E-state index contributed by atoms with van der Waals surface area (Å²) >= 11 is 0. The number of benzene rings is 1. The number of ether oxygens (including phenoxy) is 1. The second-order valence-electron chi connectivity index (χ2n) is 4.69. The van der Waals surface area contributed by atoms with E-state index in [1.54, 1.807) is 12.3 Å². The van der Waals surface area contributed by atoms with Gasteiger partial charge in [-0.25, -0.2) is 0 Å². The molecular weight excluding hydrogens is 250 g/mol. The first-order valence-electron chi connectivity index (χ1n) is 6.86. The number of Topliss-reactive ketones (excluding diaryl/α,β-unsaturated/α-hetero) is 1. The molecular formula is C17H19NO2. The van der Waals surface area contributed by atoms with E-state index in [1.807, 2.05) is 44.2 Å². The highest BCUT2D eigenvalue weighted by atomic mass is 16.5. The lowest BCUT2D eigenvalue weighted by Gasteiger charge is -2.05. The number of aromatic nitrogens is 1. The summed E-state index contributed by atoms with van der Waals surface area (Å²) in [6.07, 6.45) is 2.93. The van der Waals surface area contributed by atoms with Gasteiger partial charge in [0, 0.05) is 23.9 Å². The molecule has 3 nitrogen and oxygen atoms in total. The normalized spacial score (nSPS) is 10.3. The van der Waals surface area contributed by atoms with Gasteiger partial charge in [0.2, 0.25) is 0 Å². The van der Waals surface area contributed by atoms with Gasteiger partial charge in [0.15, 0.2) is 5.78 Å². The highest BCUT2D eigenvalue weighted by molar-refractivity contribution is 5.96. The van der Waals surface area contributed by atoms with Crippen molar-refractivity contribution in [2.24, 2.45) is 0 Å². The second-order valence-corrected chi connectivity index (χ2v) is 4.69. The van der Waals surface area contributed by atoms with Crippen LogP contribution in [-0.4, -0.2) is 17.4 Å². The average molecular weight is 269 g/mol. The van der Waals surface area contributed by atoms with Crippen molar-refractivity contribution in [2.45, 2.75) is 26.7 Å². The maximum Gasteiger partial charge on any atom is 0.163 e. The Hall–Kier alpha value is -2.16. The summed E-state index contributed by atoms with van der Waals surface area (Å²) in [7, 11) is 0. The number of carbonyl (C=O) groups excluding carboxylic acids is 1. The van der Waals surface area contributed by atoms with E-state index < -0.39 is 0 Å². The lowest BCUT2D eigenvalue weighted by atomic mass is 10.0. The minimum Gasteiger partial charge on any atom is -0.494 e. The SMILES string of the molecule is CCOc1ccc(CCC(=O)c2ccnc(C)c2)cc1. The smallest absolute Gasteiger partial charge is 0.163 e. The lowest BCUT2D eigenvalue weighted by Crippen LogP contribution is -2.02. The molecule has 3 heteroatoms. The van der Waals surface area contributed by atoms with Gasteiger partial charge in [-0.05, 0) is 50.1 Å². The number of carbonyl (C=O) groups is 1. The first-order valence-corrected chi connectivity index (χ1v) is 6.86. The van der Waals surface area contributed by atoms with Gasteiger partial charge < -0.3 is 4.74 Å². The monoisotopic (exact) mass is 269 g/mol. The zero-order valence-corrected chi connectivity index (χ0v) is 11.9. The fourth-order valence-corrected chi connectivity index (χ4v) is 2.04. The molecule has 0 aliphatic rings. The van der Waals surface area contributed by atoms with Crippen molar-refractivity contribution in [3.63, 3.8) is 0 Å². The van der Waals surface area contributed by atoms with Gasteiger partial charge in [-0.3, -0.25) is 9.78 Å². The number of rotatable bonds is 6. The van der Waals surface area contributed by atoms with Crippen LogP contribution in [0.4, 0.5) is 0 Å². The Morgan fingerprint density at radius 1 is 1.20 bits per heavy atom. The van der Waals surface area contributed by atoms with Crippen LogP contribution in [0.2, 0.25) is 0 Å². The van der Waals surface area contributed by atoms with Gasteiger partial charge in [0.1, 0.15) is 5.75 Å². The van der Waals surface area contributed by atoms with Gasteiger partial charge in [-0.15, -0.1) is 0 Å². The summed E-state index contributed by atoms with van der Waals surface area (Å²) in [5.74, 6) is 1.02. The summed E-state index contributed by atoms with van der Waals surface area (Å²) in [4.78, 5) is 16.2. The summed E-state index contributed by atoms with van der Waals surface area (Å²) in [5.41, 5.74) is 2.76. The van der Waals surface area contributed by atoms with Gasteiger partial charge in [0.25, 0.3) is 0 Å². The van der Waals surface area contributed by atoms with E-state index in [0.29, 0.717) is 13.0 Å². The van der Waals surface area contributed by atoms with E-state index >= 15 is 0 Å².